The van der Waals surface area contributed by atoms with E-state index in [9.17, 15) is 9.90 Å². The summed E-state index contributed by atoms with van der Waals surface area (Å²) in [6.45, 7) is 2.28. The molecule has 3 aromatic rings. The number of piperidine rings is 1. The summed E-state index contributed by atoms with van der Waals surface area (Å²) in [6, 6.07) is 5.26. The maximum Gasteiger partial charge on any atom is 0.309 e. The Hall–Kier alpha value is -2.49. The Labute approximate surface area is 219 Å². The fraction of sp³-hybridized carbons (Fsp3) is 0.462. The monoisotopic (exact) mass is 532 g/mol. The second-order valence-electron chi connectivity index (χ2n) is 9.08. The summed E-state index contributed by atoms with van der Waals surface area (Å²) >= 11 is 8.02. The van der Waals surface area contributed by atoms with E-state index in [2.05, 4.69) is 19.9 Å². The number of alkyl halides is 1. The molecule has 0 saturated carbocycles. The van der Waals surface area contributed by atoms with E-state index >= 15 is 4.39 Å². The van der Waals surface area contributed by atoms with E-state index in [0.29, 0.717) is 48.1 Å². The average Bonchev–Trinajstić information content (AvgIpc) is 2.90. The summed E-state index contributed by atoms with van der Waals surface area (Å²) in [7, 11) is 1.55. The molecule has 1 fully saturated rings. The van der Waals surface area contributed by atoms with Crippen molar-refractivity contribution >= 4 is 40.2 Å². The largest absolute Gasteiger partial charge is 0.497 e. The van der Waals surface area contributed by atoms with Crippen molar-refractivity contribution in [2.24, 2.45) is 5.41 Å². The van der Waals surface area contributed by atoms with Crippen molar-refractivity contribution in [2.45, 2.75) is 43.3 Å². The molecule has 1 aliphatic heterocycles. The number of carbonyl (C=O) groups is 1. The second-order valence-corrected chi connectivity index (χ2v) is 10.6. The highest BCUT2D eigenvalue weighted by Crippen LogP contribution is 2.42. The van der Waals surface area contributed by atoms with Gasteiger partial charge in [-0.05, 0) is 69.9 Å². The Balaban J connectivity index is 1.34. The van der Waals surface area contributed by atoms with Crippen LogP contribution in [0.25, 0.3) is 10.9 Å². The number of benzene rings is 1. The molecule has 1 atom stereocenters. The van der Waals surface area contributed by atoms with Crippen LogP contribution in [-0.4, -0.2) is 63.4 Å². The van der Waals surface area contributed by atoms with Crippen molar-refractivity contribution in [3.05, 3.63) is 53.6 Å². The quantitative estimate of drug-likeness (QED) is 0.244. The van der Waals surface area contributed by atoms with Crippen molar-refractivity contribution in [3.63, 3.8) is 0 Å². The number of nitrogens with zero attached hydrogens (tertiary/aromatic N) is 4. The lowest BCUT2D eigenvalue weighted by atomic mass is 9.74. The molecule has 36 heavy (non-hydrogen) atoms. The molecule has 1 unspecified atom stereocenters. The van der Waals surface area contributed by atoms with Gasteiger partial charge in [0.2, 0.25) is 0 Å². The standard InChI is InChI=1S/C26H30ClFN4O3S/c1-35-18-3-4-22-19(15-18)24(20(27)16-31-22)21(28)5-6-26(25(33)34)7-12-32(13-8-26)11-2-14-36-23-17-29-9-10-30-23/h3-4,9-10,15-17,21H,2,5-8,11-14H2,1H3,(H,33,34). The summed E-state index contributed by atoms with van der Waals surface area (Å²) in [5.74, 6) is 0.665. The van der Waals surface area contributed by atoms with Crippen LogP contribution in [0.3, 0.4) is 0 Å². The molecular weight excluding hydrogens is 503 g/mol. The van der Waals surface area contributed by atoms with E-state index in [1.165, 1.54) is 6.20 Å². The zero-order valence-corrected chi connectivity index (χ0v) is 21.8. The van der Waals surface area contributed by atoms with Crippen LogP contribution in [0.15, 0.2) is 48.0 Å². The Bertz CT molecular complexity index is 1180. The number of hydrogen-bond acceptors (Lipinski definition) is 7. The Kier molecular flexibility index (Phi) is 8.98. The first-order valence-corrected chi connectivity index (χ1v) is 13.4. The first-order chi connectivity index (χ1) is 17.4. The fourth-order valence-corrected chi connectivity index (χ4v) is 5.78. The molecule has 1 N–H and O–H groups in total. The Morgan fingerprint density at radius 2 is 2.08 bits per heavy atom. The Morgan fingerprint density at radius 3 is 2.78 bits per heavy atom. The number of likely N-dealkylation sites (tertiary alicyclic amines) is 1. The molecule has 7 nitrogen and oxygen atoms in total. The van der Waals surface area contributed by atoms with Crippen LogP contribution in [0, 0.1) is 5.41 Å². The van der Waals surface area contributed by atoms with Crippen molar-refractivity contribution in [1.82, 2.24) is 19.9 Å². The predicted molar refractivity (Wildman–Crippen MR) is 140 cm³/mol. The van der Waals surface area contributed by atoms with E-state index in [0.717, 1.165) is 23.7 Å². The number of methoxy groups -OCH3 is 1. The molecule has 0 amide bonds. The molecule has 0 bridgehead atoms. The highest BCUT2D eigenvalue weighted by atomic mass is 35.5. The first kappa shape index (κ1) is 26.6. The van der Waals surface area contributed by atoms with Crippen LogP contribution in [0.5, 0.6) is 5.75 Å². The molecule has 4 rings (SSSR count). The number of aromatic nitrogens is 3. The van der Waals surface area contributed by atoms with Crippen LogP contribution in [-0.2, 0) is 4.79 Å². The van der Waals surface area contributed by atoms with Gasteiger partial charge in [-0.2, -0.15) is 0 Å². The molecule has 10 heteroatoms. The van der Waals surface area contributed by atoms with Gasteiger partial charge in [0.1, 0.15) is 16.9 Å². The summed E-state index contributed by atoms with van der Waals surface area (Å²) in [4.78, 5) is 27.2. The number of halogens is 2. The van der Waals surface area contributed by atoms with Gasteiger partial charge in [0.15, 0.2) is 0 Å². The van der Waals surface area contributed by atoms with Crippen LogP contribution < -0.4 is 4.74 Å². The zero-order valence-electron chi connectivity index (χ0n) is 20.2. The third-order valence-electron chi connectivity index (χ3n) is 6.93. The zero-order chi connectivity index (χ0) is 25.5. The minimum atomic E-state index is -1.40. The maximum atomic E-state index is 15.6. The van der Waals surface area contributed by atoms with Gasteiger partial charge in [0.05, 0.1) is 29.3 Å². The number of aliphatic carboxylic acids is 1. The number of thioether (sulfide) groups is 1. The van der Waals surface area contributed by atoms with Gasteiger partial charge in [-0.15, -0.1) is 11.8 Å². The number of rotatable bonds is 11. The summed E-state index contributed by atoms with van der Waals surface area (Å²) in [5.41, 5.74) is 0.0399. The van der Waals surface area contributed by atoms with Gasteiger partial charge in [-0.25, -0.2) is 9.37 Å². The van der Waals surface area contributed by atoms with Crippen molar-refractivity contribution in [3.8, 4) is 5.75 Å². The first-order valence-electron chi connectivity index (χ1n) is 12.0. The van der Waals surface area contributed by atoms with Crippen LogP contribution in [0.1, 0.15) is 43.8 Å². The van der Waals surface area contributed by atoms with Crippen molar-refractivity contribution in [1.29, 1.82) is 0 Å². The van der Waals surface area contributed by atoms with Gasteiger partial charge in [-0.3, -0.25) is 14.8 Å². The summed E-state index contributed by atoms with van der Waals surface area (Å²) in [5, 5.41) is 11.8. The molecule has 3 heterocycles. The van der Waals surface area contributed by atoms with Gasteiger partial charge in [0, 0.05) is 35.3 Å². The smallest absolute Gasteiger partial charge is 0.309 e. The summed E-state index contributed by atoms with van der Waals surface area (Å²) in [6.07, 6.45) is 7.46. The molecule has 1 aliphatic rings. The average molecular weight is 533 g/mol. The minimum absolute atomic E-state index is 0.0805. The fourth-order valence-electron chi connectivity index (χ4n) is 4.76. The van der Waals surface area contributed by atoms with Crippen molar-refractivity contribution in [2.75, 3.05) is 32.5 Å². The van der Waals surface area contributed by atoms with Crippen LogP contribution >= 0.6 is 23.4 Å². The summed E-state index contributed by atoms with van der Waals surface area (Å²) < 4.78 is 20.9. The molecule has 1 aromatic carbocycles. The van der Waals surface area contributed by atoms with E-state index < -0.39 is 17.6 Å². The van der Waals surface area contributed by atoms with E-state index in [4.69, 9.17) is 16.3 Å². The third-order valence-corrected chi connectivity index (χ3v) is 8.23. The third kappa shape index (κ3) is 6.25. The number of hydrogen-bond donors (Lipinski definition) is 1. The molecule has 0 aliphatic carbocycles. The van der Waals surface area contributed by atoms with E-state index in [1.807, 2.05) is 0 Å². The minimum Gasteiger partial charge on any atom is -0.497 e. The van der Waals surface area contributed by atoms with Gasteiger partial charge < -0.3 is 14.7 Å². The molecule has 0 spiro atoms. The molecule has 2 aromatic heterocycles. The van der Waals surface area contributed by atoms with E-state index in [-0.39, 0.29) is 17.9 Å². The van der Waals surface area contributed by atoms with Crippen LogP contribution in [0.4, 0.5) is 4.39 Å². The van der Waals surface area contributed by atoms with Crippen LogP contribution in [0.2, 0.25) is 5.02 Å². The number of pyridine rings is 1. The molecule has 0 radical (unpaired) electrons. The Morgan fingerprint density at radius 1 is 1.28 bits per heavy atom. The maximum absolute atomic E-state index is 15.6. The number of ether oxygens (including phenoxy) is 1. The molecule has 192 valence electrons. The van der Waals surface area contributed by atoms with Gasteiger partial charge in [-0.1, -0.05) is 11.6 Å². The highest BCUT2D eigenvalue weighted by Gasteiger charge is 2.41. The number of fused-ring (bicyclic) bond motifs is 1. The lowest BCUT2D eigenvalue weighted by molar-refractivity contribution is -0.153. The SMILES string of the molecule is COc1ccc2ncc(Cl)c(C(F)CCC3(C(=O)O)CCN(CCCSc4cnccn4)CC3)c2c1. The topological polar surface area (TPSA) is 88.4 Å². The number of carboxylic acids is 1. The molecule has 1 saturated heterocycles. The highest BCUT2D eigenvalue weighted by molar-refractivity contribution is 7.99. The van der Waals surface area contributed by atoms with Gasteiger partial charge in [0.25, 0.3) is 0 Å². The second kappa shape index (κ2) is 12.2. The van der Waals surface area contributed by atoms with Gasteiger partial charge >= 0.3 is 5.97 Å². The lowest BCUT2D eigenvalue weighted by Crippen LogP contribution is -2.44. The number of carboxylic acid groups (broad SMARTS) is 1. The molecular formula is C26H30ClFN4O3S. The predicted octanol–water partition coefficient (Wildman–Crippen LogP) is 5.83. The van der Waals surface area contributed by atoms with E-state index in [1.54, 1.807) is 55.7 Å². The lowest BCUT2D eigenvalue weighted by Gasteiger charge is -2.39. The normalized spacial score (nSPS) is 16.6. The van der Waals surface area contributed by atoms with Crippen molar-refractivity contribution < 1.29 is 19.0 Å².